The number of anilines is 1. The standard InChI is InChI=1S/C13H19BrN2O2/c1-8(4-5-15)13(17)16-12-9(2)6-10(14)7-11(12)18-3/h6-8H,4-5,15H2,1-3H3,(H,16,17). The van der Waals surface area contributed by atoms with Crippen LogP contribution in [0.15, 0.2) is 16.6 Å². The molecule has 5 heteroatoms. The summed E-state index contributed by atoms with van der Waals surface area (Å²) >= 11 is 3.40. The Kier molecular flexibility index (Phi) is 5.62. The molecule has 0 spiro atoms. The lowest BCUT2D eigenvalue weighted by Crippen LogP contribution is -2.23. The third kappa shape index (κ3) is 3.71. The summed E-state index contributed by atoms with van der Waals surface area (Å²) in [5.41, 5.74) is 7.13. The van der Waals surface area contributed by atoms with Gasteiger partial charge in [0.15, 0.2) is 0 Å². The van der Waals surface area contributed by atoms with Gasteiger partial charge in [0.2, 0.25) is 5.91 Å². The molecule has 1 atom stereocenters. The largest absolute Gasteiger partial charge is 0.495 e. The highest BCUT2D eigenvalue weighted by atomic mass is 79.9. The highest BCUT2D eigenvalue weighted by molar-refractivity contribution is 9.10. The fraction of sp³-hybridized carbons (Fsp3) is 0.462. The maximum atomic E-state index is 12.0. The molecule has 100 valence electrons. The SMILES string of the molecule is COc1cc(Br)cc(C)c1NC(=O)C(C)CCN. The van der Waals surface area contributed by atoms with Gasteiger partial charge in [0.05, 0.1) is 12.8 Å². The predicted octanol–water partition coefficient (Wildman–Crippen LogP) is 2.69. The zero-order valence-corrected chi connectivity index (χ0v) is 12.5. The lowest BCUT2D eigenvalue weighted by atomic mass is 10.1. The van der Waals surface area contributed by atoms with Crippen LogP contribution in [0.2, 0.25) is 0 Å². The van der Waals surface area contributed by atoms with Crippen molar-refractivity contribution in [3.05, 3.63) is 22.2 Å². The Bertz CT molecular complexity index is 435. The van der Waals surface area contributed by atoms with E-state index >= 15 is 0 Å². The maximum absolute atomic E-state index is 12.0. The van der Waals surface area contributed by atoms with E-state index in [2.05, 4.69) is 21.2 Å². The monoisotopic (exact) mass is 314 g/mol. The number of rotatable bonds is 5. The fourth-order valence-corrected chi connectivity index (χ4v) is 2.21. The van der Waals surface area contributed by atoms with Crippen LogP contribution in [0.25, 0.3) is 0 Å². The normalized spacial score (nSPS) is 12.1. The molecule has 1 amide bonds. The Morgan fingerprint density at radius 3 is 2.78 bits per heavy atom. The molecule has 0 aliphatic carbocycles. The Balaban J connectivity index is 2.93. The molecule has 1 aromatic rings. The summed E-state index contributed by atoms with van der Waals surface area (Å²) in [4.78, 5) is 12.0. The van der Waals surface area contributed by atoms with Gasteiger partial charge in [0, 0.05) is 10.4 Å². The number of carbonyl (C=O) groups is 1. The molecule has 1 aromatic carbocycles. The van der Waals surface area contributed by atoms with Crippen molar-refractivity contribution in [2.24, 2.45) is 11.7 Å². The highest BCUT2D eigenvalue weighted by Crippen LogP contribution is 2.32. The number of benzene rings is 1. The van der Waals surface area contributed by atoms with Crippen LogP contribution in [0, 0.1) is 12.8 Å². The van der Waals surface area contributed by atoms with E-state index in [0.29, 0.717) is 18.7 Å². The van der Waals surface area contributed by atoms with Crippen LogP contribution in [0.1, 0.15) is 18.9 Å². The number of nitrogens with one attached hydrogen (secondary N) is 1. The van der Waals surface area contributed by atoms with Gasteiger partial charge in [-0.2, -0.15) is 0 Å². The minimum absolute atomic E-state index is 0.0378. The first-order chi connectivity index (χ1) is 8.49. The van der Waals surface area contributed by atoms with E-state index in [1.54, 1.807) is 7.11 Å². The van der Waals surface area contributed by atoms with Gasteiger partial charge in [-0.25, -0.2) is 0 Å². The first-order valence-corrected chi connectivity index (χ1v) is 6.64. The number of amides is 1. The Morgan fingerprint density at radius 1 is 1.56 bits per heavy atom. The van der Waals surface area contributed by atoms with Gasteiger partial charge in [-0.05, 0) is 37.6 Å². The van der Waals surface area contributed by atoms with Crippen LogP contribution in [-0.2, 0) is 4.79 Å². The molecule has 0 aliphatic heterocycles. The summed E-state index contributed by atoms with van der Waals surface area (Å²) in [5, 5.41) is 2.90. The molecule has 18 heavy (non-hydrogen) atoms. The van der Waals surface area contributed by atoms with Crippen LogP contribution in [0.3, 0.4) is 0 Å². The quantitative estimate of drug-likeness (QED) is 0.878. The smallest absolute Gasteiger partial charge is 0.227 e. The van der Waals surface area contributed by atoms with Crippen LogP contribution in [0.4, 0.5) is 5.69 Å². The van der Waals surface area contributed by atoms with Gasteiger partial charge in [-0.3, -0.25) is 4.79 Å². The van der Waals surface area contributed by atoms with Crippen molar-refractivity contribution >= 4 is 27.5 Å². The number of carbonyl (C=O) groups excluding carboxylic acids is 1. The minimum Gasteiger partial charge on any atom is -0.495 e. The number of hydrogen-bond donors (Lipinski definition) is 2. The molecule has 0 aliphatic rings. The summed E-state index contributed by atoms with van der Waals surface area (Å²) in [5.74, 6) is 0.502. The van der Waals surface area contributed by atoms with E-state index in [1.807, 2.05) is 26.0 Å². The molecule has 0 heterocycles. The van der Waals surface area contributed by atoms with Gasteiger partial charge in [0.25, 0.3) is 0 Å². The van der Waals surface area contributed by atoms with Crippen LogP contribution >= 0.6 is 15.9 Å². The number of hydrogen-bond acceptors (Lipinski definition) is 3. The lowest BCUT2D eigenvalue weighted by molar-refractivity contribution is -0.119. The van der Waals surface area contributed by atoms with Gasteiger partial charge in [0.1, 0.15) is 5.75 Å². The van der Waals surface area contributed by atoms with Crippen molar-refractivity contribution in [1.82, 2.24) is 0 Å². The van der Waals surface area contributed by atoms with E-state index in [-0.39, 0.29) is 11.8 Å². The zero-order chi connectivity index (χ0) is 13.7. The topological polar surface area (TPSA) is 64.3 Å². The van der Waals surface area contributed by atoms with E-state index < -0.39 is 0 Å². The number of nitrogens with two attached hydrogens (primary N) is 1. The molecule has 4 nitrogen and oxygen atoms in total. The second-order valence-corrected chi connectivity index (χ2v) is 5.18. The number of halogens is 1. The second kappa shape index (κ2) is 6.75. The Labute approximate surface area is 116 Å². The highest BCUT2D eigenvalue weighted by Gasteiger charge is 2.16. The summed E-state index contributed by atoms with van der Waals surface area (Å²) in [7, 11) is 1.58. The molecule has 0 fully saturated rings. The summed E-state index contributed by atoms with van der Waals surface area (Å²) in [6.45, 7) is 4.30. The van der Waals surface area contributed by atoms with Crippen LogP contribution < -0.4 is 15.8 Å². The lowest BCUT2D eigenvalue weighted by Gasteiger charge is -2.16. The average Bonchev–Trinajstić information content (AvgIpc) is 2.32. The Hall–Kier alpha value is -1.07. The van der Waals surface area contributed by atoms with Crippen molar-refractivity contribution in [1.29, 1.82) is 0 Å². The van der Waals surface area contributed by atoms with E-state index in [4.69, 9.17) is 10.5 Å². The number of ether oxygens (including phenoxy) is 1. The van der Waals surface area contributed by atoms with Crippen molar-refractivity contribution in [3.8, 4) is 5.75 Å². The maximum Gasteiger partial charge on any atom is 0.227 e. The van der Waals surface area contributed by atoms with Gasteiger partial charge < -0.3 is 15.8 Å². The van der Waals surface area contributed by atoms with Gasteiger partial charge >= 0.3 is 0 Å². The molecule has 0 aromatic heterocycles. The Morgan fingerprint density at radius 2 is 2.22 bits per heavy atom. The minimum atomic E-state index is -0.109. The molecule has 1 rings (SSSR count). The van der Waals surface area contributed by atoms with E-state index in [9.17, 15) is 4.79 Å². The fourth-order valence-electron chi connectivity index (χ4n) is 1.66. The van der Waals surface area contributed by atoms with Crippen molar-refractivity contribution in [2.45, 2.75) is 20.3 Å². The van der Waals surface area contributed by atoms with E-state index in [1.165, 1.54) is 0 Å². The van der Waals surface area contributed by atoms with Crippen molar-refractivity contribution in [2.75, 3.05) is 19.0 Å². The molecule has 0 saturated carbocycles. The first kappa shape index (κ1) is 15.0. The molecule has 0 radical (unpaired) electrons. The predicted molar refractivity (Wildman–Crippen MR) is 76.9 cm³/mol. The molecule has 3 N–H and O–H groups in total. The summed E-state index contributed by atoms with van der Waals surface area (Å²) in [6.07, 6.45) is 0.670. The zero-order valence-electron chi connectivity index (χ0n) is 10.9. The molecular weight excluding hydrogens is 296 g/mol. The molecular formula is C13H19BrN2O2. The number of aryl methyl sites for hydroxylation is 1. The van der Waals surface area contributed by atoms with Crippen molar-refractivity contribution < 1.29 is 9.53 Å². The van der Waals surface area contributed by atoms with Crippen molar-refractivity contribution in [3.63, 3.8) is 0 Å². The third-order valence-electron chi connectivity index (χ3n) is 2.78. The van der Waals surface area contributed by atoms with E-state index in [0.717, 1.165) is 15.7 Å². The first-order valence-electron chi connectivity index (χ1n) is 5.84. The third-order valence-corrected chi connectivity index (χ3v) is 3.24. The second-order valence-electron chi connectivity index (χ2n) is 4.27. The molecule has 0 saturated heterocycles. The summed E-state index contributed by atoms with van der Waals surface area (Å²) in [6, 6.07) is 3.77. The van der Waals surface area contributed by atoms with Crippen LogP contribution in [-0.4, -0.2) is 19.6 Å². The summed E-state index contributed by atoms with van der Waals surface area (Å²) < 4.78 is 6.20. The van der Waals surface area contributed by atoms with Gasteiger partial charge in [-0.1, -0.05) is 22.9 Å². The van der Waals surface area contributed by atoms with Crippen LogP contribution in [0.5, 0.6) is 5.75 Å². The average molecular weight is 315 g/mol. The molecule has 0 bridgehead atoms. The molecule has 1 unspecified atom stereocenters. The number of methoxy groups -OCH3 is 1. The van der Waals surface area contributed by atoms with Gasteiger partial charge in [-0.15, -0.1) is 0 Å².